The molecule has 1 amide bonds. The van der Waals surface area contributed by atoms with Crippen LogP contribution < -0.4 is 9.64 Å². The third-order valence-corrected chi connectivity index (χ3v) is 6.43. The van der Waals surface area contributed by atoms with E-state index in [4.69, 9.17) is 30.5 Å². The van der Waals surface area contributed by atoms with Crippen molar-refractivity contribution in [1.29, 1.82) is 0 Å². The number of carbonyl (C=O) groups excluding carboxylic acids is 3. The minimum atomic E-state index is -4.83. The molecule has 8 nitrogen and oxygen atoms in total. The first-order valence-corrected chi connectivity index (χ1v) is 12.3. The van der Waals surface area contributed by atoms with E-state index in [0.717, 1.165) is 12.1 Å². The number of nitrogens with zero attached hydrogens (tertiary/aromatic N) is 1. The lowest BCUT2D eigenvalue weighted by Crippen LogP contribution is -2.40. The molecule has 0 spiro atoms. The molecule has 13 heteroatoms. The molecule has 3 aromatic carbocycles. The summed E-state index contributed by atoms with van der Waals surface area (Å²) in [5.74, 6) is -2.37. The van der Waals surface area contributed by atoms with Crippen molar-refractivity contribution in [2.75, 3.05) is 18.7 Å². The highest BCUT2D eigenvalue weighted by molar-refractivity contribution is 6.30. The van der Waals surface area contributed by atoms with E-state index in [9.17, 15) is 27.6 Å². The van der Waals surface area contributed by atoms with Gasteiger partial charge in [-0.1, -0.05) is 48.0 Å². The average molecular weight is 596 g/mol. The maximum Gasteiger partial charge on any atom is 0.510 e. The maximum atomic E-state index is 16.8. The van der Waals surface area contributed by atoms with Crippen LogP contribution in [0.5, 0.6) is 5.75 Å². The van der Waals surface area contributed by atoms with E-state index >= 15 is 4.39 Å². The Bertz CT molecular complexity index is 1470. The number of hydrogen-bond acceptors (Lipinski definition) is 7. The molecule has 0 bridgehead atoms. The lowest BCUT2D eigenvalue weighted by Gasteiger charge is -2.23. The molecule has 0 aromatic heterocycles. The third kappa shape index (κ3) is 6.07. The topological polar surface area (TPSA) is 91.4 Å². The van der Waals surface area contributed by atoms with Gasteiger partial charge in [0.25, 0.3) is 5.91 Å². The molecule has 41 heavy (non-hydrogen) atoms. The van der Waals surface area contributed by atoms with Crippen LogP contribution in [0.3, 0.4) is 0 Å². The van der Waals surface area contributed by atoms with Gasteiger partial charge in [0.2, 0.25) is 5.67 Å². The lowest BCUT2D eigenvalue weighted by molar-refractivity contribution is -0.155. The molecule has 0 saturated carbocycles. The monoisotopic (exact) mass is 595 g/mol. The van der Waals surface area contributed by atoms with Crippen LogP contribution in [0.2, 0.25) is 5.02 Å². The number of anilines is 1. The number of hydrogen-bond donors (Lipinski definition) is 0. The minimum Gasteiger partial charge on any atom is -0.496 e. The van der Waals surface area contributed by atoms with E-state index in [2.05, 4.69) is 0 Å². The van der Waals surface area contributed by atoms with E-state index in [1.807, 2.05) is 0 Å². The van der Waals surface area contributed by atoms with Gasteiger partial charge >= 0.3 is 18.3 Å². The van der Waals surface area contributed by atoms with Gasteiger partial charge in [-0.2, -0.15) is 13.2 Å². The predicted octanol–water partition coefficient (Wildman–Crippen LogP) is 6.17. The molecule has 0 aliphatic carbocycles. The fourth-order valence-corrected chi connectivity index (χ4v) is 4.33. The van der Waals surface area contributed by atoms with Crippen LogP contribution >= 0.6 is 11.6 Å². The molecule has 0 saturated heterocycles. The second-order valence-electron chi connectivity index (χ2n) is 8.84. The highest BCUT2D eigenvalue weighted by Gasteiger charge is 2.55. The highest BCUT2D eigenvalue weighted by atomic mass is 35.5. The van der Waals surface area contributed by atoms with Crippen molar-refractivity contribution in [1.82, 2.24) is 0 Å². The average Bonchev–Trinajstić information content (AvgIpc) is 3.16. The van der Waals surface area contributed by atoms with E-state index in [-0.39, 0.29) is 22.9 Å². The molecule has 0 fully saturated rings. The van der Waals surface area contributed by atoms with E-state index < -0.39 is 59.5 Å². The van der Waals surface area contributed by atoms with Gasteiger partial charge in [0.1, 0.15) is 12.4 Å². The molecule has 1 aliphatic heterocycles. The van der Waals surface area contributed by atoms with Gasteiger partial charge < -0.3 is 18.9 Å². The van der Waals surface area contributed by atoms with Crippen LogP contribution in [0.25, 0.3) is 0 Å². The van der Waals surface area contributed by atoms with E-state index in [1.54, 1.807) is 30.3 Å². The van der Waals surface area contributed by atoms with Crippen LogP contribution in [-0.4, -0.2) is 38.0 Å². The van der Waals surface area contributed by atoms with Gasteiger partial charge in [-0.05, 0) is 42.8 Å². The summed E-state index contributed by atoms with van der Waals surface area (Å²) < 4.78 is 77.2. The Kier molecular flexibility index (Phi) is 8.43. The van der Waals surface area contributed by atoms with Gasteiger partial charge in [0.15, 0.2) is 12.8 Å². The van der Waals surface area contributed by atoms with Crippen LogP contribution in [0.4, 0.5) is 28.0 Å². The summed E-state index contributed by atoms with van der Waals surface area (Å²) in [6.07, 6.45) is -7.71. The van der Waals surface area contributed by atoms with E-state index in [1.165, 1.54) is 26.2 Å². The summed E-state index contributed by atoms with van der Waals surface area (Å²) in [6.45, 7) is 0.0827. The van der Waals surface area contributed by atoms with Crippen molar-refractivity contribution in [3.63, 3.8) is 0 Å². The second-order valence-corrected chi connectivity index (χ2v) is 9.28. The Labute approximate surface area is 236 Å². The highest BCUT2D eigenvalue weighted by Crippen LogP contribution is 2.51. The number of alkyl halides is 4. The zero-order valence-corrected chi connectivity index (χ0v) is 22.3. The van der Waals surface area contributed by atoms with Crippen molar-refractivity contribution in [3.05, 3.63) is 94.0 Å². The van der Waals surface area contributed by atoms with Gasteiger partial charge in [0, 0.05) is 16.1 Å². The first-order valence-electron chi connectivity index (χ1n) is 12.0. The molecule has 4 rings (SSSR count). The zero-order chi connectivity index (χ0) is 29.9. The first kappa shape index (κ1) is 29.7. The molecule has 0 N–H and O–H groups in total. The van der Waals surface area contributed by atoms with Gasteiger partial charge in [0.05, 0.1) is 18.4 Å². The Morgan fingerprint density at radius 3 is 2.37 bits per heavy atom. The zero-order valence-electron chi connectivity index (χ0n) is 21.5. The van der Waals surface area contributed by atoms with Gasteiger partial charge in [-0.25, -0.2) is 14.0 Å². The van der Waals surface area contributed by atoms with Crippen LogP contribution in [-0.2, 0) is 42.3 Å². The molecule has 3 aromatic rings. The normalized spacial score (nSPS) is 17.0. The summed E-state index contributed by atoms with van der Waals surface area (Å²) in [5.41, 5.74) is -4.85. The number of halogens is 5. The molecule has 0 radical (unpaired) electrons. The SMILES string of the molecule is COc1ccc(Cl)cc1[C@]1(F)C(=O)N(COC(=O)O[C@@H](C)C(=O)OCc2ccccc2)c2cc(C(F)(F)F)ccc21. The number of amides is 1. The van der Waals surface area contributed by atoms with Crippen LogP contribution in [0.15, 0.2) is 66.7 Å². The maximum absolute atomic E-state index is 16.8. The van der Waals surface area contributed by atoms with Crippen LogP contribution in [0.1, 0.15) is 29.2 Å². The predicted molar refractivity (Wildman–Crippen MR) is 137 cm³/mol. The molecule has 1 heterocycles. The summed E-state index contributed by atoms with van der Waals surface area (Å²) in [7, 11) is 1.21. The number of esters is 1. The summed E-state index contributed by atoms with van der Waals surface area (Å²) in [4.78, 5) is 38.5. The number of fused-ring (bicyclic) bond motifs is 1. The molecular formula is C28H22ClF4NO7. The van der Waals surface area contributed by atoms with E-state index in [0.29, 0.717) is 22.6 Å². The van der Waals surface area contributed by atoms with Crippen molar-refractivity contribution in [3.8, 4) is 5.75 Å². The standard InChI is InChI=1S/C28H22ClF4NO7/c1-16(24(35)39-14-17-6-4-3-5-7-17)41-26(37)40-15-34-22-12-18(28(31,32)33)8-10-20(22)27(30,25(34)36)21-13-19(29)9-11-23(21)38-2/h3-13,16H,14-15H2,1-2H3/t16-,27-/m0/s1. The van der Waals surface area contributed by atoms with Crippen LogP contribution in [0, 0.1) is 0 Å². The van der Waals surface area contributed by atoms with Crippen molar-refractivity contribution in [2.24, 2.45) is 0 Å². The number of methoxy groups -OCH3 is 1. The Hall–Kier alpha value is -4.32. The fraction of sp³-hybridized carbons (Fsp3) is 0.250. The molecule has 1 aliphatic rings. The van der Waals surface area contributed by atoms with Crippen molar-refractivity contribution < 1.29 is 50.9 Å². The van der Waals surface area contributed by atoms with Gasteiger partial charge in [-0.3, -0.25) is 9.69 Å². The smallest absolute Gasteiger partial charge is 0.496 e. The third-order valence-electron chi connectivity index (χ3n) is 6.20. The Morgan fingerprint density at radius 1 is 1.00 bits per heavy atom. The molecule has 0 unspecified atom stereocenters. The molecule has 216 valence electrons. The number of benzene rings is 3. The molecule has 2 atom stereocenters. The fourth-order valence-electron chi connectivity index (χ4n) is 4.16. The van der Waals surface area contributed by atoms with Gasteiger partial charge in [-0.15, -0.1) is 0 Å². The quantitative estimate of drug-likeness (QED) is 0.227. The minimum absolute atomic E-state index is 0.0329. The Morgan fingerprint density at radius 2 is 1.71 bits per heavy atom. The van der Waals surface area contributed by atoms with Crippen molar-refractivity contribution in [2.45, 2.75) is 31.5 Å². The Balaban J connectivity index is 1.55. The largest absolute Gasteiger partial charge is 0.510 e. The summed E-state index contributed by atoms with van der Waals surface area (Å²) in [6, 6.07) is 14.5. The second kappa shape index (κ2) is 11.7. The number of ether oxygens (including phenoxy) is 4. The molecular weight excluding hydrogens is 574 g/mol. The number of rotatable bonds is 8. The lowest BCUT2D eigenvalue weighted by atomic mass is 9.88. The number of carbonyl (C=O) groups is 3. The summed E-state index contributed by atoms with van der Waals surface area (Å²) >= 11 is 6.02. The first-order chi connectivity index (χ1) is 19.4. The van der Waals surface area contributed by atoms with Crippen molar-refractivity contribution >= 4 is 35.3 Å². The summed E-state index contributed by atoms with van der Waals surface area (Å²) in [5, 5.41) is 0.0329.